The standard InChI is InChI=1S/C27H37N3O5S/c1-18-9-7-8-10-23(18)25(31)28-24-12-11-22(17-19(24)2)36(33,34)29-20(3)21-13-15-30(16-14-21)26(32)35-27(4,5)6/h7-12,17,20-21,29H,13-16H2,1-6H3,(H,28,31)/t20-/m1/s1. The molecule has 0 unspecified atom stereocenters. The Hall–Kier alpha value is -2.91. The average molecular weight is 516 g/mol. The molecule has 0 saturated carbocycles. The lowest BCUT2D eigenvalue weighted by Crippen LogP contribution is -2.46. The number of ether oxygens (including phenoxy) is 1. The zero-order valence-corrected chi connectivity index (χ0v) is 22.7. The summed E-state index contributed by atoms with van der Waals surface area (Å²) in [5, 5.41) is 2.87. The van der Waals surface area contributed by atoms with Gasteiger partial charge in [0.2, 0.25) is 10.0 Å². The van der Waals surface area contributed by atoms with Crippen molar-refractivity contribution in [2.75, 3.05) is 18.4 Å². The minimum Gasteiger partial charge on any atom is -0.444 e. The van der Waals surface area contributed by atoms with E-state index in [0.717, 1.165) is 5.56 Å². The molecule has 2 amide bonds. The van der Waals surface area contributed by atoms with Gasteiger partial charge in [-0.1, -0.05) is 18.2 Å². The molecular formula is C27H37N3O5S. The van der Waals surface area contributed by atoms with Crippen LogP contribution in [0.1, 0.15) is 62.0 Å². The third-order valence-electron chi connectivity index (χ3n) is 6.39. The highest BCUT2D eigenvalue weighted by atomic mass is 32.2. The van der Waals surface area contributed by atoms with Crippen molar-refractivity contribution in [3.8, 4) is 0 Å². The second kappa shape index (κ2) is 11.0. The van der Waals surface area contributed by atoms with Gasteiger partial charge in [-0.3, -0.25) is 4.79 Å². The molecule has 36 heavy (non-hydrogen) atoms. The van der Waals surface area contributed by atoms with Crippen molar-refractivity contribution in [3.05, 3.63) is 59.2 Å². The number of rotatable bonds is 6. The monoisotopic (exact) mass is 515 g/mol. The molecule has 1 saturated heterocycles. The number of nitrogens with one attached hydrogen (secondary N) is 2. The van der Waals surface area contributed by atoms with Crippen molar-refractivity contribution in [2.45, 2.75) is 70.9 Å². The Morgan fingerprint density at radius 3 is 2.25 bits per heavy atom. The van der Waals surface area contributed by atoms with Gasteiger partial charge in [0.25, 0.3) is 5.91 Å². The predicted octanol–water partition coefficient (Wildman–Crippen LogP) is 4.87. The summed E-state index contributed by atoms with van der Waals surface area (Å²) in [6, 6.07) is 11.7. The number of piperidine rings is 1. The molecule has 9 heteroatoms. The summed E-state index contributed by atoms with van der Waals surface area (Å²) in [5.74, 6) is -0.136. The number of hydrogen-bond acceptors (Lipinski definition) is 5. The zero-order valence-electron chi connectivity index (χ0n) is 21.9. The maximum Gasteiger partial charge on any atom is 0.410 e. The summed E-state index contributed by atoms with van der Waals surface area (Å²) in [5.41, 5.74) is 2.10. The highest BCUT2D eigenvalue weighted by Gasteiger charge is 2.31. The van der Waals surface area contributed by atoms with Crippen LogP contribution >= 0.6 is 0 Å². The lowest BCUT2D eigenvalue weighted by molar-refractivity contribution is 0.0174. The van der Waals surface area contributed by atoms with Crippen LogP contribution in [-0.4, -0.2) is 50.1 Å². The Bertz CT molecular complexity index is 1210. The average Bonchev–Trinajstić information content (AvgIpc) is 2.79. The van der Waals surface area contributed by atoms with Crippen molar-refractivity contribution in [3.63, 3.8) is 0 Å². The first-order valence-electron chi connectivity index (χ1n) is 12.2. The van der Waals surface area contributed by atoms with Gasteiger partial charge in [-0.2, -0.15) is 0 Å². The number of carbonyl (C=O) groups excluding carboxylic acids is 2. The maximum atomic E-state index is 13.1. The molecule has 1 heterocycles. The number of hydrogen-bond donors (Lipinski definition) is 2. The largest absolute Gasteiger partial charge is 0.444 e. The van der Waals surface area contributed by atoms with Crippen LogP contribution in [0.3, 0.4) is 0 Å². The Morgan fingerprint density at radius 2 is 1.67 bits per heavy atom. The van der Waals surface area contributed by atoms with Gasteiger partial charge < -0.3 is 15.0 Å². The number of amides is 2. The van der Waals surface area contributed by atoms with Crippen molar-refractivity contribution in [1.82, 2.24) is 9.62 Å². The first-order valence-corrected chi connectivity index (χ1v) is 13.7. The Kier molecular flexibility index (Phi) is 8.46. The molecule has 3 rings (SSSR count). The summed E-state index contributed by atoms with van der Waals surface area (Å²) in [6.07, 6.45) is 1.04. The van der Waals surface area contributed by atoms with E-state index >= 15 is 0 Å². The summed E-state index contributed by atoms with van der Waals surface area (Å²) < 4.78 is 34.4. The molecule has 0 spiro atoms. The third kappa shape index (κ3) is 7.07. The van der Waals surface area contributed by atoms with E-state index in [-0.39, 0.29) is 28.9 Å². The van der Waals surface area contributed by atoms with Gasteiger partial charge in [-0.05, 0) is 95.7 Å². The highest BCUT2D eigenvalue weighted by molar-refractivity contribution is 7.89. The SMILES string of the molecule is Cc1cc(S(=O)(=O)N[C@H](C)C2CCN(C(=O)OC(C)(C)C)CC2)ccc1NC(=O)c1ccccc1C. The minimum absolute atomic E-state index is 0.104. The number of sulfonamides is 1. The fraction of sp³-hybridized carbons (Fsp3) is 0.481. The molecule has 2 N–H and O–H groups in total. The van der Waals surface area contributed by atoms with Crippen LogP contribution < -0.4 is 10.0 Å². The van der Waals surface area contributed by atoms with E-state index in [9.17, 15) is 18.0 Å². The van der Waals surface area contributed by atoms with Crippen LogP contribution in [0.4, 0.5) is 10.5 Å². The Labute approximate surface area is 214 Å². The van der Waals surface area contributed by atoms with Gasteiger partial charge in [-0.25, -0.2) is 17.9 Å². The number of aryl methyl sites for hydroxylation is 2. The first kappa shape index (κ1) is 27.7. The van der Waals surface area contributed by atoms with E-state index in [4.69, 9.17) is 4.74 Å². The Morgan fingerprint density at radius 1 is 1.03 bits per heavy atom. The molecule has 0 radical (unpaired) electrons. The van der Waals surface area contributed by atoms with Crippen LogP contribution in [0.25, 0.3) is 0 Å². The molecule has 2 aromatic carbocycles. The number of nitrogens with zero attached hydrogens (tertiary/aromatic N) is 1. The van der Waals surface area contributed by atoms with E-state index in [2.05, 4.69) is 10.0 Å². The molecule has 8 nitrogen and oxygen atoms in total. The molecule has 0 bridgehead atoms. The van der Waals surface area contributed by atoms with E-state index in [1.165, 1.54) is 6.07 Å². The second-order valence-electron chi connectivity index (χ2n) is 10.5. The quantitative estimate of drug-likeness (QED) is 0.571. The molecule has 0 aromatic heterocycles. The highest BCUT2D eigenvalue weighted by Crippen LogP contribution is 2.25. The maximum absolute atomic E-state index is 13.1. The van der Waals surface area contributed by atoms with E-state index in [1.807, 2.05) is 46.8 Å². The van der Waals surface area contributed by atoms with E-state index in [1.54, 1.807) is 36.1 Å². The normalized spacial score (nSPS) is 15.9. The van der Waals surface area contributed by atoms with Gasteiger partial charge in [0.05, 0.1) is 4.90 Å². The third-order valence-corrected chi connectivity index (χ3v) is 7.94. The number of anilines is 1. The summed E-state index contributed by atoms with van der Waals surface area (Å²) in [4.78, 5) is 26.8. The predicted molar refractivity (Wildman–Crippen MR) is 141 cm³/mol. The number of carbonyl (C=O) groups is 2. The number of benzene rings is 2. The van der Waals surface area contributed by atoms with Crippen molar-refractivity contribution >= 4 is 27.7 Å². The molecule has 196 valence electrons. The molecule has 1 aliphatic rings. The molecule has 1 atom stereocenters. The fourth-order valence-electron chi connectivity index (χ4n) is 4.28. The molecule has 0 aliphatic carbocycles. The van der Waals surface area contributed by atoms with Gasteiger partial charge in [0, 0.05) is 30.4 Å². The van der Waals surface area contributed by atoms with Crippen molar-refractivity contribution in [2.24, 2.45) is 5.92 Å². The number of likely N-dealkylation sites (tertiary alicyclic amines) is 1. The van der Waals surface area contributed by atoms with Crippen LogP contribution in [0, 0.1) is 19.8 Å². The summed E-state index contributed by atoms with van der Waals surface area (Å²) in [7, 11) is -3.76. The van der Waals surface area contributed by atoms with Gasteiger partial charge in [0.1, 0.15) is 5.60 Å². The zero-order chi connectivity index (χ0) is 26.7. The topological polar surface area (TPSA) is 105 Å². The smallest absolute Gasteiger partial charge is 0.410 e. The van der Waals surface area contributed by atoms with Crippen LogP contribution in [-0.2, 0) is 14.8 Å². The first-order chi connectivity index (χ1) is 16.8. The van der Waals surface area contributed by atoms with Crippen molar-refractivity contribution in [1.29, 1.82) is 0 Å². The molecule has 1 aliphatic heterocycles. The fourth-order valence-corrected chi connectivity index (χ4v) is 5.68. The molecule has 1 fully saturated rings. The molecule has 2 aromatic rings. The minimum atomic E-state index is -3.76. The van der Waals surface area contributed by atoms with E-state index in [0.29, 0.717) is 42.7 Å². The Balaban J connectivity index is 1.61. The van der Waals surface area contributed by atoms with Gasteiger partial charge in [0.15, 0.2) is 0 Å². The lowest BCUT2D eigenvalue weighted by atomic mass is 9.91. The van der Waals surface area contributed by atoms with Crippen LogP contribution in [0.5, 0.6) is 0 Å². The van der Waals surface area contributed by atoms with Gasteiger partial charge in [-0.15, -0.1) is 0 Å². The van der Waals surface area contributed by atoms with Crippen LogP contribution in [0.15, 0.2) is 47.4 Å². The van der Waals surface area contributed by atoms with E-state index < -0.39 is 15.6 Å². The second-order valence-corrected chi connectivity index (χ2v) is 12.2. The van der Waals surface area contributed by atoms with Crippen LogP contribution in [0.2, 0.25) is 0 Å². The lowest BCUT2D eigenvalue weighted by Gasteiger charge is -2.35. The summed E-state index contributed by atoms with van der Waals surface area (Å²) >= 11 is 0. The van der Waals surface area contributed by atoms with Gasteiger partial charge >= 0.3 is 6.09 Å². The van der Waals surface area contributed by atoms with Crippen molar-refractivity contribution < 1.29 is 22.7 Å². The molecular weight excluding hydrogens is 478 g/mol. The summed E-state index contributed by atoms with van der Waals surface area (Å²) in [6.45, 7) is 12.0.